The minimum atomic E-state index is -4.68. The van der Waals surface area contributed by atoms with Gasteiger partial charge in [0.05, 0.1) is 12.7 Å². The van der Waals surface area contributed by atoms with E-state index in [9.17, 15) is 23.1 Å². The van der Waals surface area contributed by atoms with E-state index >= 15 is 0 Å². The minimum absolute atomic E-state index is 0.0895. The second-order valence-electron chi connectivity index (χ2n) is 7.48. The first kappa shape index (κ1) is 20.1. The van der Waals surface area contributed by atoms with Gasteiger partial charge in [-0.3, -0.25) is 4.79 Å². The molecule has 3 N–H and O–H groups in total. The molecule has 2 aromatic rings. The molecule has 0 saturated carbocycles. The molecule has 2 aliphatic heterocycles. The van der Waals surface area contributed by atoms with Crippen LogP contribution in [0.25, 0.3) is 0 Å². The predicted octanol–water partition coefficient (Wildman–Crippen LogP) is 2.89. The fraction of sp³-hybridized carbons (Fsp3) is 0.400. The molecule has 2 bridgehead atoms. The smallest absolute Gasteiger partial charge is 0.420 e. The van der Waals surface area contributed by atoms with Crippen molar-refractivity contribution in [2.24, 2.45) is 0 Å². The summed E-state index contributed by atoms with van der Waals surface area (Å²) < 4.78 is 44.6. The van der Waals surface area contributed by atoms with Crippen molar-refractivity contribution in [2.75, 3.05) is 30.8 Å². The van der Waals surface area contributed by atoms with Crippen LogP contribution in [0.3, 0.4) is 0 Å². The van der Waals surface area contributed by atoms with E-state index in [1.165, 1.54) is 7.11 Å². The molecule has 2 aliphatic rings. The molecular weight excluding hydrogens is 401 g/mol. The first-order valence-corrected chi connectivity index (χ1v) is 9.47. The molecule has 2 saturated heterocycles. The molecule has 2 unspecified atom stereocenters. The lowest BCUT2D eigenvalue weighted by molar-refractivity contribution is -0.138. The van der Waals surface area contributed by atoms with Crippen molar-refractivity contribution in [1.29, 1.82) is 0 Å². The zero-order chi connectivity index (χ0) is 21.6. The number of hydrogen-bond acceptors (Lipinski definition) is 6. The average Bonchev–Trinajstić information content (AvgIpc) is 2.95. The fourth-order valence-electron chi connectivity index (χ4n) is 4.31. The molecule has 1 aromatic heterocycles. The lowest BCUT2D eigenvalue weighted by Gasteiger charge is -2.42. The summed E-state index contributed by atoms with van der Waals surface area (Å²) >= 11 is 0. The first-order chi connectivity index (χ1) is 14.2. The van der Waals surface area contributed by atoms with Gasteiger partial charge in [0.25, 0.3) is 5.91 Å². The Kier molecular flexibility index (Phi) is 4.87. The van der Waals surface area contributed by atoms with Crippen molar-refractivity contribution >= 4 is 17.4 Å². The molecule has 160 valence electrons. The topological polar surface area (TPSA) is 91.9 Å². The van der Waals surface area contributed by atoms with Gasteiger partial charge in [-0.2, -0.15) is 13.2 Å². The number of benzene rings is 1. The van der Waals surface area contributed by atoms with Crippen LogP contribution in [0.15, 0.2) is 30.5 Å². The van der Waals surface area contributed by atoms with Gasteiger partial charge >= 0.3 is 6.18 Å². The van der Waals surface area contributed by atoms with E-state index in [4.69, 9.17) is 10.5 Å². The molecule has 3 heterocycles. The van der Waals surface area contributed by atoms with Crippen molar-refractivity contribution < 1.29 is 27.8 Å². The maximum absolute atomic E-state index is 13.2. The predicted molar refractivity (Wildman–Crippen MR) is 104 cm³/mol. The summed E-state index contributed by atoms with van der Waals surface area (Å²) in [5.74, 6) is -0.664. The number of hydrogen-bond donors (Lipinski definition) is 2. The second-order valence-corrected chi connectivity index (χ2v) is 7.48. The summed E-state index contributed by atoms with van der Waals surface area (Å²) in [5.41, 5.74) is 5.53. The van der Waals surface area contributed by atoms with Gasteiger partial charge in [0.1, 0.15) is 11.3 Å². The Hall–Kier alpha value is -3.17. The van der Waals surface area contributed by atoms with Gasteiger partial charge in [0.15, 0.2) is 11.6 Å². The summed E-state index contributed by atoms with van der Waals surface area (Å²) in [6.45, 7) is 0.607. The van der Waals surface area contributed by atoms with E-state index in [1.54, 1.807) is 28.0 Å². The number of carbonyl (C=O) groups excluding carboxylic acids is 1. The highest BCUT2D eigenvalue weighted by Crippen LogP contribution is 2.44. The van der Waals surface area contributed by atoms with Gasteiger partial charge in [-0.05, 0) is 31.0 Å². The van der Waals surface area contributed by atoms with Crippen molar-refractivity contribution in [3.63, 3.8) is 0 Å². The van der Waals surface area contributed by atoms with E-state index in [0.29, 0.717) is 42.9 Å². The molecule has 0 radical (unpaired) electrons. The molecule has 7 nitrogen and oxygen atoms in total. The number of halogens is 3. The maximum Gasteiger partial charge on any atom is 0.420 e. The number of pyridine rings is 1. The second kappa shape index (κ2) is 7.26. The molecule has 1 amide bonds. The standard InChI is InChI=1S/C20H21F3N4O3/c1-30-13-4-5-14(16(24)8-13)19(29)26-9-11-2-3-12(10-26)27(11)18-17(28)15(6-7-25-18)20(21,22)23/h4-8,11-12,28H,2-3,9-10,24H2,1H3. The monoisotopic (exact) mass is 422 g/mol. The van der Waals surface area contributed by atoms with Crippen LogP contribution in [-0.2, 0) is 6.18 Å². The summed E-state index contributed by atoms with van der Waals surface area (Å²) in [4.78, 5) is 20.4. The van der Waals surface area contributed by atoms with Gasteiger partial charge in [-0.15, -0.1) is 0 Å². The summed E-state index contributed by atoms with van der Waals surface area (Å²) in [5, 5.41) is 10.2. The Morgan fingerprint density at radius 3 is 2.47 bits per heavy atom. The van der Waals surface area contributed by atoms with Crippen LogP contribution in [0.5, 0.6) is 11.5 Å². The molecule has 10 heteroatoms. The zero-order valence-electron chi connectivity index (χ0n) is 16.2. The molecule has 0 spiro atoms. The number of ether oxygens (including phenoxy) is 1. The Balaban J connectivity index is 1.58. The third kappa shape index (κ3) is 3.35. The van der Waals surface area contributed by atoms with Crippen LogP contribution < -0.4 is 15.4 Å². The highest BCUT2D eigenvalue weighted by molar-refractivity contribution is 5.99. The van der Waals surface area contributed by atoms with Crippen LogP contribution in [-0.4, -0.2) is 53.2 Å². The number of fused-ring (bicyclic) bond motifs is 2. The van der Waals surface area contributed by atoms with Crippen LogP contribution in [0.4, 0.5) is 24.7 Å². The van der Waals surface area contributed by atoms with Crippen LogP contribution in [0.1, 0.15) is 28.8 Å². The molecule has 30 heavy (non-hydrogen) atoms. The van der Waals surface area contributed by atoms with Crippen molar-refractivity contribution in [1.82, 2.24) is 9.88 Å². The number of anilines is 2. The SMILES string of the molecule is COc1ccc(C(=O)N2CC3CCC(C2)N3c2nccc(C(F)(F)F)c2O)c(N)c1. The number of nitrogens with zero attached hydrogens (tertiary/aromatic N) is 3. The van der Waals surface area contributed by atoms with Gasteiger partial charge in [-0.1, -0.05) is 0 Å². The summed E-state index contributed by atoms with van der Waals surface area (Å²) in [7, 11) is 1.50. The average molecular weight is 422 g/mol. The van der Waals surface area contributed by atoms with Gasteiger partial charge in [-0.25, -0.2) is 4.98 Å². The molecule has 2 fully saturated rings. The largest absolute Gasteiger partial charge is 0.504 e. The summed E-state index contributed by atoms with van der Waals surface area (Å²) in [6, 6.07) is 5.10. The zero-order valence-corrected chi connectivity index (χ0v) is 16.2. The van der Waals surface area contributed by atoms with Crippen LogP contribution >= 0.6 is 0 Å². The Morgan fingerprint density at radius 1 is 1.23 bits per heavy atom. The number of likely N-dealkylation sites (tertiary alicyclic amines) is 1. The molecule has 4 rings (SSSR count). The Morgan fingerprint density at radius 2 is 1.90 bits per heavy atom. The molecular formula is C20H21F3N4O3. The number of aromatic nitrogens is 1. The minimum Gasteiger partial charge on any atom is -0.504 e. The van der Waals surface area contributed by atoms with E-state index < -0.39 is 17.5 Å². The maximum atomic E-state index is 13.2. The number of amides is 1. The quantitative estimate of drug-likeness (QED) is 0.739. The van der Waals surface area contributed by atoms with Crippen molar-refractivity contribution in [3.05, 3.63) is 41.6 Å². The van der Waals surface area contributed by atoms with Gasteiger partial charge < -0.3 is 25.4 Å². The number of methoxy groups -OCH3 is 1. The number of piperazine rings is 1. The van der Waals surface area contributed by atoms with Crippen molar-refractivity contribution in [2.45, 2.75) is 31.1 Å². The third-order valence-electron chi connectivity index (χ3n) is 5.71. The van der Waals surface area contributed by atoms with Crippen LogP contribution in [0, 0.1) is 0 Å². The van der Waals surface area contributed by atoms with Gasteiger partial charge in [0.2, 0.25) is 0 Å². The number of rotatable bonds is 3. The lowest BCUT2D eigenvalue weighted by atomic mass is 10.1. The van der Waals surface area contributed by atoms with E-state index in [2.05, 4.69) is 4.98 Å². The molecule has 1 aromatic carbocycles. The highest BCUT2D eigenvalue weighted by Gasteiger charge is 2.45. The van der Waals surface area contributed by atoms with Crippen LogP contribution in [0.2, 0.25) is 0 Å². The number of aromatic hydroxyl groups is 1. The number of carbonyl (C=O) groups is 1. The highest BCUT2D eigenvalue weighted by atomic mass is 19.4. The number of nitrogen functional groups attached to an aromatic ring is 1. The normalized spacial score (nSPS) is 21.1. The first-order valence-electron chi connectivity index (χ1n) is 9.47. The lowest BCUT2D eigenvalue weighted by Crippen LogP contribution is -2.55. The van der Waals surface area contributed by atoms with Crippen molar-refractivity contribution in [3.8, 4) is 11.5 Å². The van der Waals surface area contributed by atoms with Gasteiger partial charge in [0, 0.05) is 43.1 Å². The van der Waals surface area contributed by atoms with E-state index in [1.807, 2.05) is 0 Å². The number of nitrogens with two attached hydrogens (primary N) is 1. The Labute approximate surface area is 170 Å². The van der Waals surface area contributed by atoms with E-state index in [-0.39, 0.29) is 23.8 Å². The molecule has 2 atom stereocenters. The fourth-order valence-corrected chi connectivity index (χ4v) is 4.31. The Bertz CT molecular complexity index is 968. The third-order valence-corrected chi connectivity index (χ3v) is 5.71. The summed E-state index contributed by atoms with van der Waals surface area (Å²) in [6.07, 6.45) is -2.26. The van der Waals surface area contributed by atoms with E-state index in [0.717, 1.165) is 12.3 Å². The number of alkyl halides is 3. The molecule has 0 aliphatic carbocycles.